The van der Waals surface area contributed by atoms with Crippen molar-refractivity contribution in [1.29, 1.82) is 0 Å². The molecule has 0 aliphatic heterocycles. The van der Waals surface area contributed by atoms with Crippen LogP contribution < -0.4 is 4.90 Å². The molecule has 2 aromatic rings. The third-order valence-corrected chi connectivity index (χ3v) is 3.61. The molecule has 0 radical (unpaired) electrons. The Balaban J connectivity index is 2.47. The molecule has 2 heterocycles. The number of anilines is 1. The predicted octanol–water partition coefficient (Wildman–Crippen LogP) is 5.25. The average molecular weight is 468 g/mol. The van der Waals surface area contributed by atoms with Crippen molar-refractivity contribution in [2.24, 2.45) is 0 Å². The van der Waals surface area contributed by atoms with Gasteiger partial charge in [-0.25, -0.2) is 19.7 Å². The van der Waals surface area contributed by atoms with E-state index in [0.717, 1.165) is 17.0 Å². The van der Waals surface area contributed by atoms with Gasteiger partial charge in [-0.3, -0.25) is 4.90 Å². The van der Waals surface area contributed by atoms with Crippen molar-refractivity contribution < 1.29 is 22.7 Å². The number of alkyl halides is 3. The maximum absolute atomic E-state index is 13.1. The van der Waals surface area contributed by atoms with E-state index >= 15 is 0 Å². The van der Waals surface area contributed by atoms with Crippen LogP contribution in [-0.2, 0) is 17.5 Å². The Morgan fingerprint density at radius 3 is 2.33 bits per heavy atom. The van der Waals surface area contributed by atoms with Crippen molar-refractivity contribution >= 4 is 39.3 Å². The van der Waals surface area contributed by atoms with E-state index in [1.54, 1.807) is 20.8 Å². The number of halogens is 5. The zero-order valence-electron chi connectivity index (χ0n) is 14.5. The molecule has 2 rings (SSSR count). The van der Waals surface area contributed by atoms with E-state index in [0.29, 0.717) is 10.3 Å². The first-order valence-electron chi connectivity index (χ1n) is 7.57. The van der Waals surface area contributed by atoms with Gasteiger partial charge >= 0.3 is 12.3 Å². The molecular weight excluding hydrogens is 453 g/mol. The van der Waals surface area contributed by atoms with Gasteiger partial charge in [0.25, 0.3) is 0 Å². The summed E-state index contributed by atoms with van der Waals surface area (Å²) in [5, 5.41) is -0.402. The van der Waals surface area contributed by atoms with Gasteiger partial charge in [-0.15, -0.1) is 0 Å². The van der Waals surface area contributed by atoms with Gasteiger partial charge in [0, 0.05) is 18.0 Å². The maximum Gasteiger partial charge on any atom is 0.433 e. The number of rotatable bonds is 3. The van der Waals surface area contributed by atoms with Crippen LogP contribution in [0.1, 0.15) is 32.0 Å². The highest BCUT2D eigenvalue weighted by Gasteiger charge is 2.34. The quantitative estimate of drug-likeness (QED) is 0.456. The van der Waals surface area contributed by atoms with Crippen molar-refractivity contribution in [3.05, 3.63) is 45.7 Å². The fourth-order valence-corrected chi connectivity index (χ4v) is 2.37. The second-order valence-corrected chi connectivity index (χ2v) is 7.55. The lowest BCUT2D eigenvalue weighted by Gasteiger charge is -2.28. The van der Waals surface area contributed by atoms with Crippen LogP contribution in [0.15, 0.2) is 29.3 Å². The fraction of sp³-hybridized carbons (Fsp3) is 0.375. The number of carbonyl (C=O) groups excluding carboxylic acids is 1. The van der Waals surface area contributed by atoms with Crippen LogP contribution in [-0.4, -0.2) is 26.6 Å². The number of pyridine rings is 1. The first kappa shape index (κ1) is 21.4. The predicted molar refractivity (Wildman–Crippen MR) is 96.4 cm³/mol. The number of carbonyl (C=O) groups is 1. The standard InChI is InChI=1S/C16H15BrClF3N4O2/c1-15(2,3)27-14(26)25(8-9-6-22-13(17)23-7-9)10-4-11(16(19,20)21)24-12(18)5-10/h4-7H,8H2,1-3H3. The van der Waals surface area contributed by atoms with Crippen LogP contribution in [0.25, 0.3) is 0 Å². The molecule has 0 saturated carbocycles. The second kappa shape index (κ2) is 7.97. The van der Waals surface area contributed by atoms with E-state index in [4.69, 9.17) is 16.3 Å². The molecular formula is C16H15BrClF3N4O2. The van der Waals surface area contributed by atoms with Crippen LogP contribution in [0.4, 0.5) is 23.7 Å². The Hall–Kier alpha value is -1.94. The Kier molecular flexibility index (Phi) is 6.31. The van der Waals surface area contributed by atoms with Crippen LogP contribution in [0.2, 0.25) is 5.15 Å². The van der Waals surface area contributed by atoms with Crippen molar-refractivity contribution in [3.63, 3.8) is 0 Å². The molecule has 0 atom stereocenters. The molecule has 146 valence electrons. The molecule has 27 heavy (non-hydrogen) atoms. The van der Waals surface area contributed by atoms with E-state index in [9.17, 15) is 18.0 Å². The number of hydrogen-bond acceptors (Lipinski definition) is 5. The van der Waals surface area contributed by atoms with Gasteiger partial charge in [0.1, 0.15) is 16.4 Å². The van der Waals surface area contributed by atoms with Crippen molar-refractivity contribution in [3.8, 4) is 0 Å². The van der Waals surface area contributed by atoms with Crippen LogP contribution in [0, 0.1) is 0 Å². The molecule has 0 N–H and O–H groups in total. The minimum absolute atomic E-state index is 0.112. The van der Waals surface area contributed by atoms with E-state index in [1.165, 1.54) is 12.4 Å². The van der Waals surface area contributed by atoms with Crippen molar-refractivity contribution in [2.45, 2.75) is 39.1 Å². The summed E-state index contributed by atoms with van der Waals surface area (Å²) < 4.78 is 44.9. The first-order chi connectivity index (χ1) is 12.3. The third kappa shape index (κ3) is 6.31. The molecule has 0 unspecified atom stereocenters. The Bertz CT molecular complexity index is 826. The molecule has 2 aromatic heterocycles. The molecule has 0 aliphatic carbocycles. The Morgan fingerprint density at radius 1 is 1.22 bits per heavy atom. The highest BCUT2D eigenvalue weighted by atomic mass is 79.9. The minimum Gasteiger partial charge on any atom is -0.443 e. The zero-order valence-corrected chi connectivity index (χ0v) is 16.9. The maximum atomic E-state index is 13.1. The number of hydrogen-bond donors (Lipinski definition) is 0. The average Bonchev–Trinajstić information content (AvgIpc) is 2.51. The largest absolute Gasteiger partial charge is 0.443 e. The highest BCUT2D eigenvalue weighted by molar-refractivity contribution is 9.10. The SMILES string of the molecule is CC(C)(C)OC(=O)N(Cc1cnc(Br)nc1)c1cc(Cl)nc(C(F)(F)F)c1. The summed E-state index contributed by atoms with van der Waals surface area (Å²) in [5.41, 5.74) is -1.70. The molecule has 0 spiro atoms. The molecule has 1 amide bonds. The van der Waals surface area contributed by atoms with E-state index in [1.807, 2.05) is 0 Å². The minimum atomic E-state index is -4.72. The number of aromatic nitrogens is 3. The molecule has 0 aromatic carbocycles. The smallest absolute Gasteiger partial charge is 0.433 e. The molecule has 0 saturated heterocycles. The molecule has 0 fully saturated rings. The number of nitrogens with zero attached hydrogens (tertiary/aromatic N) is 4. The summed E-state index contributed by atoms with van der Waals surface area (Å²) in [6.45, 7) is 4.81. The number of amides is 1. The second-order valence-electron chi connectivity index (χ2n) is 6.46. The van der Waals surface area contributed by atoms with E-state index in [2.05, 4.69) is 30.9 Å². The summed E-state index contributed by atoms with van der Waals surface area (Å²) in [6.07, 6.45) is -2.70. The van der Waals surface area contributed by atoms with Gasteiger partial charge in [-0.1, -0.05) is 11.6 Å². The van der Waals surface area contributed by atoms with E-state index in [-0.39, 0.29) is 12.2 Å². The van der Waals surface area contributed by atoms with E-state index < -0.39 is 28.7 Å². The highest BCUT2D eigenvalue weighted by Crippen LogP contribution is 2.33. The van der Waals surface area contributed by atoms with Crippen LogP contribution in [0.5, 0.6) is 0 Å². The molecule has 0 bridgehead atoms. The third-order valence-electron chi connectivity index (χ3n) is 3.01. The number of ether oxygens (including phenoxy) is 1. The summed E-state index contributed by atoms with van der Waals surface area (Å²) in [4.78, 5) is 24.8. The van der Waals surface area contributed by atoms with Crippen LogP contribution in [0.3, 0.4) is 0 Å². The summed E-state index contributed by atoms with van der Waals surface area (Å²) in [7, 11) is 0. The monoisotopic (exact) mass is 466 g/mol. The lowest BCUT2D eigenvalue weighted by Crippen LogP contribution is -2.36. The lowest BCUT2D eigenvalue weighted by atomic mass is 10.2. The van der Waals surface area contributed by atoms with Crippen molar-refractivity contribution in [2.75, 3.05) is 4.90 Å². The zero-order chi connectivity index (χ0) is 20.4. The normalized spacial score (nSPS) is 12.0. The fourth-order valence-electron chi connectivity index (χ4n) is 1.97. The summed E-state index contributed by atoms with van der Waals surface area (Å²) in [5.74, 6) is 0. The first-order valence-corrected chi connectivity index (χ1v) is 8.74. The van der Waals surface area contributed by atoms with Gasteiger partial charge in [0.2, 0.25) is 0 Å². The topological polar surface area (TPSA) is 68.2 Å². The molecule has 6 nitrogen and oxygen atoms in total. The molecule has 0 aliphatic rings. The Morgan fingerprint density at radius 2 is 1.81 bits per heavy atom. The van der Waals surface area contributed by atoms with Gasteiger partial charge in [-0.05, 0) is 48.8 Å². The summed E-state index contributed by atoms with van der Waals surface area (Å²) in [6, 6.07) is 1.88. The Labute approximate surface area is 166 Å². The van der Waals surface area contributed by atoms with Crippen molar-refractivity contribution in [1.82, 2.24) is 15.0 Å². The van der Waals surface area contributed by atoms with Gasteiger partial charge in [0.05, 0.1) is 12.2 Å². The van der Waals surface area contributed by atoms with Crippen LogP contribution >= 0.6 is 27.5 Å². The lowest BCUT2D eigenvalue weighted by molar-refractivity contribution is -0.141. The molecule has 11 heteroatoms. The van der Waals surface area contributed by atoms with Gasteiger partial charge in [-0.2, -0.15) is 13.2 Å². The van der Waals surface area contributed by atoms with Gasteiger partial charge < -0.3 is 4.74 Å². The summed E-state index contributed by atoms with van der Waals surface area (Å²) >= 11 is 8.83. The van der Waals surface area contributed by atoms with Gasteiger partial charge in [0.15, 0.2) is 4.73 Å².